The molecule has 0 amide bonds. The third kappa shape index (κ3) is 12.2. The maximum absolute atomic E-state index is 11.1. The normalized spacial score (nSPS) is 7.40. The summed E-state index contributed by atoms with van der Waals surface area (Å²) in [5.74, 6) is 0.197. The molecule has 0 aromatic heterocycles. The molecule has 0 aliphatic heterocycles. The minimum atomic E-state index is -0.559. The van der Waals surface area contributed by atoms with Crippen LogP contribution in [0.25, 0.3) is 0 Å². The molecule has 0 heterocycles. The summed E-state index contributed by atoms with van der Waals surface area (Å²) in [6.07, 6.45) is -0.211. The minimum Gasteiger partial charge on any atom is -0.497 e. The molecule has 20 heavy (non-hydrogen) atoms. The van der Waals surface area contributed by atoms with Crippen molar-refractivity contribution in [1.82, 2.24) is 0 Å². The van der Waals surface area contributed by atoms with Gasteiger partial charge in [-0.2, -0.15) is 9.90 Å². The molecule has 0 saturated carbocycles. The van der Waals surface area contributed by atoms with E-state index < -0.39 is 5.97 Å². The topological polar surface area (TPSA) is 52.6 Å². The Balaban J connectivity index is -0.000000244. The maximum atomic E-state index is 11.1. The van der Waals surface area contributed by atoms with E-state index in [0.717, 1.165) is 0 Å². The van der Waals surface area contributed by atoms with Crippen LogP contribution in [-0.4, -0.2) is 18.9 Å². The number of Topliss-reactive ketones (excluding diaryl/α,β-unsaturated/α-hetero) is 1. The summed E-state index contributed by atoms with van der Waals surface area (Å²) < 4.78 is 9.89. The summed E-state index contributed by atoms with van der Waals surface area (Å²) >= 11 is 0. The van der Waals surface area contributed by atoms with Crippen LogP contribution in [0.5, 0.6) is 11.5 Å². The van der Waals surface area contributed by atoms with Crippen LogP contribution in [0.15, 0.2) is 24.3 Å². The fourth-order valence-electron chi connectivity index (χ4n) is 1.04. The first-order valence-electron chi connectivity index (χ1n) is 5.46. The van der Waals surface area contributed by atoms with Gasteiger partial charge >= 0.3 is 5.97 Å². The zero-order valence-electron chi connectivity index (χ0n) is 11.8. The average Bonchev–Trinajstić information content (AvgIpc) is 2.30. The fourth-order valence-corrected chi connectivity index (χ4v) is 1.04. The molecule has 0 bridgehead atoms. The Morgan fingerprint density at radius 3 is 2.10 bits per heavy atom. The number of carbonyl (C=O) groups excluding carboxylic acids is 2. The summed E-state index contributed by atoms with van der Waals surface area (Å²) in [7, 11) is 1.52. The molecule has 1 aromatic carbocycles. The van der Waals surface area contributed by atoms with Gasteiger partial charge in [0.2, 0.25) is 0 Å². The van der Waals surface area contributed by atoms with Crippen molar-refractivity contribution in [2.75, 3.05) is 7.11 Å². The molecule has 1 radical (unpaired) electrons. The summed E-state index contributed by atoms with van der Waals surface area (Å²) in [5.41, 5.74) is 0. The number of ether oxygens (including phenoxy) is 2. The molecule has 1 unspecified atom stereocenters. The van der Waals surface area contributed by atoms with Gasteiger partial charge in [-0.3, -0.25) is 9.59 Å². The number of hydrogen-bond acceptors (Lipinski definition) is 4. The van der Waals surface area contributed by atoms with Gasteiger partial charge < -0.3 is 9.47 Å². The zero-order valence-corrected chi connectivity index (χ0v) is 14.6. The quantitative estimate of drug-likeness (QED) is 0.366. The molecular formula is C14H25O4PV. The van der Waals surface area contributed by atoms with Crippen LogP contribution in [0.1, 0.15) is 34.6 Å². The van der Waals surface area contributed by atoms with E-state index >= 15 is 0 Å². The van der Waals surface area contributed by atoms with Crippen molar-refractivity contribution in [2.45, 2.75) is 34.6 Å². The summed E-state index contributed by atoms with van der Waals surface area (Å²) in [4.78, 5) is 21.8. The van der Waals surface area contributed by atoms with Gasteiger partial charge in [0.05, 0.1) is 7.11 Å². The number of hydrogen-bond donors (Lipinski definition) is 0. The Bertz CT molecular complexity index is 383. The van der Waals surface area contributed by atoms with E-state index in [1.165, 1.54) is 14.0 Å². The molecule has 4 nitrogen and oxygen atoms in total. The van der Waals surface area contributed by atoms with Crippen molar-refractivity contribution in [3.63, 3.8) is 0 Å². The molecule has 1 atom stereocenters. The second-order valence-corrected chi connectivity index (χ2v) is 3.03. The van der Waals surface area contributed by atoms with Gasteiger partial charge in [0.25, 0.3) is 0 Å². The predicted octanol–water partition coefficient (Wildman–Crippen LogP) is 3.30. The van der Waals surface area contributed by atoms with E-state index in [-0.39, 0.29) is 48.1 Å². The number of carbonyl (C=O) groups is 2. The van der Waals surface area contributed by atoms with E-state index in [1.807, 2.05) is 13.8 Å². The summed E-state index contributed by atoms with van der Waals surface area (Å²) in [5, 5.41) is 0. The molecule has 6 heteroatoms. The van der Waals surface area contributed by atoms with E-state index in [1.54, 1.807) is 24.3 Å². The van der Waals surface area contributed by atoms with Crippen LogP contribution in [0.2, 0.25) is 0 Å². The van der Waals surface area contributed by atoms with Gasteiger partial charge in [-0.25, -0.2) is 0 Å². The van der Waals surface area contributed by atoms with Crippen molar-refractivity contribution < 1.29 is 37.6 Å². The Labute approximate surface area is 137 Å². The zero-order chi connectivity index (χ0) is 13.3. The molecule has 0 N–H and O–H groups in total. The molecule has 0 aliphatic rings. The third-order valence-corrected chi connectivity index (χ3v) is 1.67. The molecule has 0 fully saturated rings. The van der Waals surface area contributed by atoms with Crippen molar-refractivity contribution in [2.24, 2.45) is 0 Å². The number of ketones is 1. The van der Waals surface area contributed by atoms with Crippen LogP contribution in [0, 0.1) is 0 Å². The monoisotopic (exact) mass is 339 g/mol. The van der Waals surface area contributed by atoms with Gasteiger partial charge in [-0.1, -0.05) is 27.3 Å². The van der Waals surface area contributed by atoms with Crippen molar-refractivity contribution in [3.8, 4) is 11.5 Å². The van der Waals surface area contributed by atoms with Gasteiger partial charge in [0.15, 0.2) is 0 Å². The first kappa shape index (κ1) is 27.5. The largest absolute Gasteiger partial charge is 0.497 e. The Morgan fingerprint density at radius 1 is 1.15 bits per heavy atom. The van der Waals surface area contributed by atoms with Gasteiger partial charge in [-0.05, 0) is 19.1 Å². The van der Waals surface area contributed by atoms with Gasteiger partial charge in [0.1, 0.15) is 23.7 Å². The maximum Gasteiger partial charge on any atom is 0.318 e. The molecule has 0 saturated heterocycles. The second kappa shape index (κ2) is 16.2. The van der Waals surface area contributed by atoms with Crippen LogP contribution in [-0.2, 0) is 28.1 Å². The number of rotatable bonds is 4. The Hall–Kier alpha value is -0.826. The Morgan fingerprint density at radius 2 is 1.65 bits per heavy atom. The number of esters is 1. The molecule has 1 aromatic rings. The van der Waals surface area contributed by atoms with Crippen LogP contribution in [0.4, 0.5) is 0 Å². The molecule has 115 valence electrons. The molecular weight excluding hydrogens is 314 g/mol. The SMILES string of the molecule is C.CC.COc1cccc(OC(=O)CC(C)=O)c1.P.[V]. The van der Waals surface area contributed by atoms with Crippen LogP contribution < -0.4 is 9.47 Å². The molecule has 1 rings (SSSR count). The smallest absolute Gasteiger partial charge is 0.318 e. The van der Waals surface area contributed by atoms with Crippen LogP contribution >= 0.6 is 9.90 Å². The van der Waals surface area contributed by atoms with Gasteiger partial charge in [-0.15, -0.1) is 0 Å². The first-order chi connectivity index (χ1) is 8.11. The van der Waals surface area contributed by atoms with Crippen LogP contribution in [0.3, 0.4) is 0 Å². The minimum absolute atomic E-state index is 0. The predicted molar refractivity (Wildman–Crippen MR) is 83.1 cm³/mol. The van der Waals surface area contributed by atoms with E-state index in [9.17, 15) is 9.59 Å². The third-order valence-electron chi connectivity index (χ3n) is 1.67. The molecule has 0 aliphatic carbocycles. The summed E-state index contributed by atoms with van der Waals surface area (Å²) in [6.45, 7) is 5.34. The first-order valence-corrected chi connectivity index (χ1v) is 5.46. The van der Waals surface area contributed by atoms with E-state index in [2.05, 4.69) is 0 Å². The fraction of sp³-hybridized carbons (Fsp3) is 0.429. The van der Waals surface area contributed by atoms with Crippen molar-refractivity contribution in [1.29, 1.82) is 0 Å². The Kier molecular flexibility index (Phi) is 22.3. The standard InChI is InChI=1S/C11H12O4.C2H6.CH4.H3P.V/c1-8(12)6-11(13)15-10-5-3-4-9(7-10)14-2;1-2;;;/h3-5,7H,6H2,1-2H3;1-2H3;1H4;1H3;. The number of benzene rings is 1. The summed E-state index contributed by atoms with van der Waals surface area (Å²) in [6, 6.07) is 6.65. The van der Waals surface area contributed by atoms with Gasteiger partial charge in [0, 0.05) is 24.6 Å². The van der Waals surface area contributed by atoms with Crippen molar-refractivity contribution in [3.05, 3.63) is 24.3 Å². The molecule has 0 spiro atoms. The average molecular weight is 339 g/mol. The van der Waals surface area contributed by atoms with Crippen molar-refractivity contribution >= 4 is 21.7 Å². The van der Waals surface area contributed by atoms with E-state index in [4.69, 9.17) is 9.47 Å². The number of methoxy groups -OCH3 is 1. The van der Waals surface area contributed by atoms with E-state index in [0.29, 0.717) is 11.5 Å². The second-order valence-electron chi connectivity index (χ2n) is 3.03.